The van der Waals surface area contributed by atoms with Gasteiger partial charge in [-0.05, 0) is 44.0 Å². The number of hydrogen-bond donors (Lipinski definition) is 4. The van der Waals surface area contributed by atoms with E-state index in [-0.39, 0.29) is 35.4 Å². The van der Waals surface area contributed by atoms with Crippen molar-refractivity contribution in [3.63, 3.8) is 0 Å². The number of nitrogens with zero attached hydrogens (tertiary/aromatic N) is 2. The molecule has 0 aliphatic carbocycles. The van der Waals surface area contributed by atoms with Crippen molar-refractivity contribution in [3.8, 4) is 0 Å². The molecule has 0 fully saturated rings. The van der Waals surface area contributed by atoms with Gasteiger partial charge in [-0.25, -0.2) is 17.5 Å². The first-order chi connectivity index (χ1) is 23.5. The first-order valence-corrected chi connectivity index (χ1v) is 19.4. The van der Waals surface area contributed by atoms with Gasteiger partial charge >= 0.3 is 11.9 Å². The minimum Gasteiger partial charge on any atom is -0.481 e. The Bertz CT molecular complexity index is 1940. The summed E-state index contributed by atoms with van der Waals surface area (Å²) in [6.45, 7) is 2.41. The molecule has 1 aliphatic heterocycles. The lowest BCUT2D eigenvalue weighted by molar-refractivity contribution is -0.140. The fourth-order valence-corrected chi connectivity index (χ4v) is 9.27. The molecule has 0 aromatic heterocycles. The van der Waals surface area contributed by atoms with Gasteiger partial charge in [0.1, 0.15) is 10.8 Å². The number of amides is 2. The lowest BCUT2D eigenvalue weighted by Gasteiger charge is -2.46. The first-order valence-electron chi connectivity index (χ1n) is 15.4. The predicted molar refractivity (Wildman–Crippen MR) is 186 cm³/mol. The number of carboxylic acids is 2. The molecule has 3 aromatic carbocycles. The molecule has 2 amide bonds. The number of thioether (sulfide) groups is 1. The van der Waals surface area contributed by atoms with Gasteiger partial charge < -0.3 is 20.4 Å². The van der Waals surface area contributed by atoms with Crippen molar-refractivity contribution < 1.29 is 50.8 Å². The van der Waals surface area contributed by atoms with Crippen LogP contribution >= 0.6 is 11.8 Å². The molecule has 0 saturated carbocycles. The number of aryl methyl sites for hydroxylation is 1. The van der Waals surface area contributed by atoms with Gasteiger partial charge in [-0.3, -0.25) is 18.9 Å². The third kappa shape index (κ3) is 8.46. The summed E-state index contributed by atoms with van der Waals surface area (Å²) in [7, 11) is -8.96. The van der Waals surface area contributed by atoms with Crippen LogP contribution in [0.1, 0.15) is 42.9 Å². The standard InChI is InChI=1S/C33H37N3O11S3/c1-22-14-16-24(17-15-22)50(46,47)36(19-7-13-30(38)39)32(42)33(48-21-27(31(40)41)34-23(2)37)25-9-3-5-11-28(25)35(18-8-20-49(43,44)45)29-12-6-4-10-26(29)33/h3-6,9-12,14-17,27H,7-8,13,18-21H2,1-2H3,(H,34,37)(H,38,39)(H,40,41)(H,43,44,45)/t27-/m0/s1. The topological polar surface area (TPSA) is 216 Å². The molecule has 1 heterocycles. The number of rotatable bonds is 16. The second-order valence-corrected chi connectivity index (χ2v) is 16.3. The third-order valence-electron chi connectivity index (χ3n) is 7.96. The molecule has 0 bridgehead atoms. The molecule has 17 heteroatoms. The van der Waals surface area contributed by atoms with Gasteiger partial charge in [0.05, 0.1) is 10.6 Å². The van der Waals surface area contributed by atoms with E-state index in [0.29, 0.717) is 15.7 Å². The van der Waals surface area contributed by atoms with Gasteiger partial charge in [-0.15, -0.1) is 11.8 Å². The van der Waals surface area contributed by atoms with Crippen molar-refractivity contribution >= 4 is 67.0 Å². The maximum atomic E-state index is 15.4. The van der Waals surface area contributed by atoms with Gasteiger partial charge in [0.15, 0.2) is 0 Å². The van der Waals surface area contributed by atoms with E-state index in [9.17, 15) is 46.0 Å². The predicted octanol–water partition coefficient (Wildman–Crippen LogP) is 3.37. The molecular weight excluding hydrogens is 711 g/mol. The van der Waals surface area contributed by atoms with Crippen LogP contribution in [0.4, 0.5) is 11.4 Å². The second kappa shape index (κ2) is 15.6. The second-order valence-electron chi connectivity index (χ2n) is 11.6. The number of hydrogen-bond acceptors (Lipinski definition) is 10. The number of aliphatic carboxylic acids is 2. The Morgan fingerprint density at radius 1 is 0.880 bits per heavy atom. The molecule has 1 atom stereocenters. The number of carbonyl (C=O) groups is 4. The van der Waals surface area contributed by atoms with Crippen LogP contribution in [-0.4, -0.2) is 90.3 Å². The summed E-state index contributed by atoms with van der Waals surface area (Å²) in [5.41, 5.74) is 2.00. The molecule has 4 rings (SSSR count). The molecule has 4 N–H and O–H groups in total. The highest BCUT2D eigenvalue weighted by Crippen LogP contribution is 2.56. The van der Waals surface area contributed by atoms with Crippen molar-refractivity contribution in [2.75, 3.05) is 29.5 Å². The van der Waals surface area contributed by atoms with E-state index in [4.69, 9.17) is 0 Å². The van der Waals surface area contributed by atoms with Crippen molar-refractivity contribution in [2.45, 2.75) is 48.8 Å². The van der Waals surface area contributed by atoms with Crippen LogP contribution in [-0.2, 0) is 44.1 Å². The Morgan fingerprint density at radius 2 is 1.44 bits per heavy atom. The number of para-hydroxylation sites is 2. The minimum absolute atomic E-state index is 0.0255. The molecule has 268 valence electrons. The van der Waals surface area contributed by atoms with E-state index in [0.717, 1.165) is 24.2 Å². The van der Waals surface area contributed by atoms with Crippen LogP contribution in [0, 0.1) is 6.92 Å². The van der Waals surface area contributed by atoms with E-state index >= 15 is 4.79 Å². The highest BCUT2D eigenvalue weighted by atomic mass is 32.2. The average Bonchev–Trinajstić information content (AvgIpc) is 3.04. The van der Waals surface area contributed by atoms with Crippen LogP contribution in [0.25, 0.3) is 0 Å². The zero-order valence-electron chi connectivity index (χ0n) is 27.2. The van der Waals surface area contributed by atoms with Crippen LogP contribution < -0.4 is 10.2 Å². The van der Waals surface area contributed by atoms with Crippen molar-refractivity contribution in [1.29, 1.82) is 0 Å². The van der Waals surface area contributed by atoms with E-state index in [2.05, 4.69) is 5.32 Å². The summed E-state index contributed by atoms with van der Waals surface area (Å²) in [6.07, 6.45) is -0.713. The number of benzene rings is 3. The number of carboxylic acid groups (broad SMARTS) is 2. The molecule has 0 saturated heterocycles. The lowest BCUT2D eigenvalue weighted by atomic mass is 9.83. The van der Waals surface area contributed by atoms with Gasteiger partial charge in [0, 0.05) is 54.7 Å². The minimum atomic E-state index is -4.64. The fraction of sp³-hybridized carbons (Fsp3) is 0.333. The Morgan fingerprint density at radius 3 is 1.94 bits per heavy atom. The van der Waals surface area contributed by atoms with Crippen LogP contribution in [0.2, 0.25) is 0 Å². The quantitative estimate of drug-likeness (QED) is 0.155. The number of nitrogens with one attached hydrogen (secondary N) is 1. The maximum Gasteiger partial charge on any atom is 0.327 e. The van der Waals surface area contributed by atoms with E-state index in [1.54, 1.807) is 72.5 Å². The van der Waals surface area contributed by atoms with Gasteiger partial charge in [0.2, 0.25) is 5.91 Å². The molecule has 0 spiro atoms. The Kier molecular flexibility index (Phi) is 12.0. The number of sulfonamides is 1. The number of anilines is 2. The van der Waals surface area contributed by atoms with Crippen molar-refractivity contribution in [2.24, 2.45) is 0 Å². The van der Waals surface area contributed by atoms with Gasteiger partial charge in [0.25, 0.3) is 26.0 Å². The Balaban J connectivity index is 2.00. The normalized spacial score (nSPS) is 14.2. The highest BCUT2D eigenvalue weighted by molar-refractivity contribution is 8.01. The summed E-state index contributed by atoms with van der Waals surface area (Å²) < 4.78 is 59.9. The van der Waals surface area contributed by atoms with Crippen molar-refractivity contribution in [3.05, 3.63) is 89.5 Å². The van der Waals surface area contributed by atoms with Gasteiger partial charge in [-0.2, -0.15) is 8.42 Å². The molecule has 50 heavy (non-hydrogen) atoms. The fourth-order valence-electron chi connectivity index (χ4n) is 5.73. The maximum absolute atomic E-state index is 15.4. The number of fused-ring (bicyclic) bond motifs is 2. The molecule has 0 radical (unpaired) electrons. The van der Waals surface area contributed by atoms with Crippen LogP contribution in [0.15, 0.2) is 77.7 Å². The molecule has 3 aromatic rings. The summed E-state index contributed by atoms with van der Waals surface area (Å²) in [5.74, 6) is -5.22. The smallest absolute Gasteiger partial charge is 0.327 e. The Labute approximate surface area is 294 Å². The Hall–Kier alpha value is -4.45. The average molecular weight is 748 g/mol. The van der Waals surface area contributed by atoms with Crippen molar-refractivity contribution in [1.82, 2.24) is 9.62 Å². The van der Waals surface area contributed by atoms with Crippen LogP contribution in [0.5, 0.6) is 0 Å². The molecule has 14 nitrogen and oxygen atoms in total. The first kappa shape index (κ1) is 38.4. The molecule has 0 unspecified atom stereocenters. The summed E-state index contributed by atoms with van der Waals surface area (Å²) >= 11 is 0.799. The van der Waals surface area contributed by atoms with E-state index in [1.807, 2.05) is 0 Å². The van der Waals surface area contributed by atoms with E-state index in [1.165, 1.54) is 12.1 Å². The summed E-state index contributed by atoms with van der Waals surface area (Å²) in [6, 6.07) is 17.3. The summed E-state index contributed by atoms with van der Waals surface area (Å²) in [4.78, 5) is 52.6. The highest BCUT2D eigenvalue weighted by Gasteiger charge is 2.53. The zero-order chi connectivity index (χ0) is 36.9. The lowest BCUT2D eigenvalue weighted by Crippen LogP contribution is -2.52. The zero-order valence-corrected chi connectivity index (χ0v) is 29.6. The van der Waals surface area contributed by atoms with Gasteiger partial charge in [-0.1, -0.05) is 54.1 Å². The molecular formula is C33H37N3O11S3. The summed E-state index contributed by atoms with van der Waals surface area (Å²) in [5, 5.41) is 21.7. The molecule has 1 aliphatic rings. The van der Waals surface area contributed by atoms with Crippen LogP contribution in [0.3, 0.4) is 0 Å². The SMILES string of the molecule is CC(=O)N[C@@H](CSC1(C(=O)N(CCCC(=O)O)S(=O)(=O)c2ccc(C)cc2)c2ccccc2N(CCCS(=O)(=O)O)c2ccccc21)C(=O)O. The monoisotopic (exact) mass is 747 g/mol. The number of carbonyl (C=O) groups excluding carboxylic acids is 2. The third-order valence-corrected chi connectivity index (χ3v) is 12.1. The largest absolute Gasteiger partial charge is 0.481 e. The van der Waals surface area contributed by atoms with E-state index < -0.39 is 79.2 Å².